The Hall–Kier alpha value is -3.64. The number of methoxy groups -OCH3 is 1. The summed E-state index contributed by atoms with van der Waals surface area (Å²) < 4.78 is 22.6. The Balaban J connectivity index is 1.48. The van der Waals surface area contributed by atoms with Gasteiger partial charge in [-0.2, -0.15) is 0 Å². The van der Waals surface area contributed by atoms with Crippen LogP contribution in [0.2, 0.25) is 0 Å². The van der Waals surface area contributed by atoms with Crippen molar-refractivity contribution >= 4 is 23.9 Å². The van der Waals surface area contributed by atoms with Gasteiger partial charge in [-0.3, -0.25) is 14.4 Å². The summed E-state index contributed by atoms with van der Waals surface area (Å²) in [6, 6.07) is 3.55. The number of nitrogens with zero attached hydrogens (tertiary/aromatic N) is 1. The van der Waals surface area contributed by atoms with Gasteiger partial charge in [0.05, 0.1) is 37.4 Å². The second kappa shape index (κ2) is 9.28. The van der Waals surface area contributed by atoms with Crippen LogP contribution in [-0.2, 0) is 40.5 Å². The smallest absolute Gasteiger partial charge is 0.353 e. The molecule has 1 aromatic rings. The number of rotatable bonds is 9. The zero-order valence-corrected chi connectivity index (χ0v) is 21.0. The summed E-state index contributed by atoms with van der Waals surface area (Å²) in [7, 11) is 3.48. The largest absolute Gasteiger partial charge is 0.493 e. The van der Waals surface area contributed by atoms with Gasteiger partial charge in [-0.25, -0.2) is 4.79 Å². The monoisotopic (exact) mass is 531 g/mol. The van der Waals surface area contributed by atoms with E-state index in [4.69, 9.17) is 24.1 Å². The molecule has 1 fully saturated rings. The summed E-state index contributed by atoms with van der Waals surface area (Å²) in [4.78, 5) is 49.4. The number of ether oxygens (including phenoxy) is 4. The molecule has 5 atom stereocenters. The van der Waals surface area contributed by atoms with Crippen molar-refractivity contribution in [2.24, 2.45) is 0 Å². The number of hydrogen-bond acceptors (Lipinski definition) is 10. The van der Waals surface area contributed by atoms with E-state index in [2.05, 4.69) is 4.90 Å². The van der Waals surface area contributed by atoms with Crippen LogP contribution in [0.1, 0.15) is 43.2 Å². The number of benzene rings is 1. The number of likely N-dealkylation sites (N-methyl/N-ethyl adjacent to an activating group) is 1. The molecule has 0 aromatic heterocycles. The molecule has 4 aliphatic rings. The molecule has 1 aromatic carbocycles. The Morgan fingerprint density at radius 1 is 1.18 bits per heavy atom. The Bertz CT molecular complexity index is 1240. The molecule has 2 aliphatic heterocycles. The standard InChI is InChI=1S/C26H29NO11/c1-27-10-9-25-21-13-3-4-14(35-2)22(21)38-23(25)15(7-8-26(25,34)17(27)11-13)37-24(33)16(12-19(30)31)36-20(32)6-5-18(28)29/h3-4,7,16-17,23,34H,5-6,8-12H2,1-2H3,(H,28,29)(H,30,31)/t16-,17-,23-,25-,26+/m0/s1. The van der Waals surface area contributed by atoms with E-state index >= 15 is 0 Å². The molecule has 0 unspecified atom stereocenters. The van der Waals surface area contributed by atoms with Gasteiger partial charge in [-0.05, 0) is 44.1 Å². The topological polar surface area (TPSA) is 169 Å². The van der Waals surface area contributed by atoms with E-state index in [1.54, 1.807) is 12.1 Å². The summed E-state index contributed by atoms with van der Waals surface area (Å²) >= 11 is 0. The van der Waals surface area contributed by atoms with E-state index in [-0.39, 0.29) is 18.2 Å². The molecule has 2 bridgehead atoms. The molecule has 0 radical (unpaired) electrons. The van der Waals surface area contributed by atoms with Gasteiger partial charge in [0.15, 0.2) is 17.6 Å². The van der Waals surface area contributed by atoms with E-state index in [0.717, 1.165) is 11.1 Å². The molecule has 12 heteroatoms. The molecule has 12 nitrogen and oxygen atoms in total. The average Bonchev–Trinajstić information content (AvgIpc) is 3.21. The van der Waals surface area contributed by atoms with Crippen LogP contribution in [0.4, 0.5) is 0 Å². The maximum absolute atomic E-state index is 13.1. The fourth-order valence-corrected chi connectivity index (χ4v) is 6.53. The molecule has 2 aliphatic carbocycles. The van der Waals surface area contributed by atoms with Crippen LogP contribution in [0, 0.1) is 0 Å². The highest BCUT2D eigenvalue weighted by atomic mass is 16.6. The minimum Gasteiger partial charge on any atom is -0.493 e. The Labute approximate surface area is 217 Å². The maximum Gasteiger partial charge on any atom is 0.353 e. The lowest BCUT2D eigenvalue weighted by molar-refractivity contribution is -0.177. The maximum atomic E-state index is 13.1. The third-order valence-electron chi connectivity index (χ3n) is 8.22. The molecule has 3 N–H and O–H groups in total. The van der Waals surface area contributed by atoms with Crippen LogP contribution in [0.15, 0.2) is 24.0 Å². The second-order valence-electron chi connectivity index (χ2n) is 10.2. The molecule has 204 valence electrons. The van der Waals surface area contributed by atoms with Crippen molar-refractivity contribution in [3.05, 3.63) is 35.1 Å². The number of piperidine rings is 1. The first-order valence-electron chi connectivity index (χ1n) is 12.4. The summed E-state index contributed by atoms with van der Waals surface area (Å²) in [6.07, 6.45) is -1.79. The van der Waals surface area contributed by atoms with E-state index in [0.29, 0.717) is 30.9 Å². The lowest BCUT2D eigenvalue weighted by atomic mass is 9.50. The van der Waals surface area contributed by atoms with Crippen molar-refractivity contribution in [1.82, 2.24) is 4.90 Å². The van der Waals surface area contributed by atoms with Gasteiger partial charge in [0.2, 0.25) is 6.10 Å². The second-order valence-corrected chi connectivity index (χ2v) is 10.2. The zero-order valence-electron chi connectivity index (χ0n) is 21.0. The van der Waals surface area contributed by atoms with E-state index in [1.165, 1.54) is 7.11 Å². The fraction of sp³-hybridized carbons (Fsp3) is 0.538. The van der Waals surface area contributed by atoms with Gasteiger partial charge in [0.1, 0.15) is 5.76 Å². The third-order valence-corrected chi connectivity index (χ3v) is 8.22. The molecular formula is C26H29NO11. The van der Waals surface area contributed by atoms with Crippen LogP contribution in [0.5, 0.6) is 11.5 Å². The number of carbonyl (C=O) groups excluding carboxylic acids is 2. The first kappa shape index (κ1) is 26.0. The summed E-state index contributed by atoms with van der Waals surface area (Å²) in [6.45, 7) is 0.660. The van der Waals surface area contributed by atoms with Gasteiger partial charge in [0, 0.05) is 18.0 Å². The van der Waals surface area contributed by atoms with Crippen LogP contribution >= 0.6 is 0 Å². The Morgan fingerprint density at radius 3 is 2.63 bits per heavy atom. The Kier molecular flexibility index (Phi) is 6.35. The molecule has 1 spiro atoms. The van der Waals surface area contributed by atoms with Crippen molar-refractivity contribution in [3.8, 4) is 11.5 Å². The number of esters is 2. The first-order chi connectivity index (χ1) is 18.0. The summed E-state index contributed by atoms with van der Waals surface area (Å²) in [5.74, 6) is -3.77. The van der Waals surface area contributed by atoms with Gasteiger partial charge < -0.3 is 39.2 Å². The van der Waals surface area contributed by atoms with Crippen LogP contribution in [0.25, 0.3) is 0 Å². The minimum absolute atomic E-state index is 0.0889. The Morgan fingerprint density at radius 2 is 1.95 bits per heavy atom. The quantitative estimate of drug-likeness (QED) is 0.383. The SMILES string of the molecule is COc1ccc2c3c1O[C@H]1C(OC(=O)[C@H](CC(=O)O)OC(=O)CCC(=O)O)=CC[C@@]4(O)[C@H](C2)N(C)CC[C@]314. The first-order valence-corrected chi connectivity index (χ1v) is 12.4. The van der Waals surface area contributed by atoms with Crippen molar-refractivity contribution in [2.75, 3.05) is 20.7 Å². The van der Waals surface area contributed by atoms with Gasteiger partial charge >= 0.3 is 23.9 Å². The summed E-state index contributed by atoms with van der Waals surface area (Å²) in [5.41, 5.74) is -0.327. The lowest BCUT2D eigenvalue weighted by Crippen LogP contribution is -2.74. The van der Waals surface area contributed by atoms with Crippen molar-refractivity contribution in [1.29, 1.82) is 0 Å². The number of likely N-dealkylation sites (tertiary alicyclic amines) is 1. The minimum atomic E-state index is -1.79. The highest BCUT2D eigenvalue weighted by molar-refractivity contribution is 5.85. The number of carbonyl (C=O) groups is 4. The van der Waals surface area contributed by atoms with Crippen LogP contribution < -0.4 is 9.47 Å². The van der Waals surface area contributed by atoms with E-state index < -0.39 is 66.4 Å². The van der Waals surface area contributed by atoms with Crippen molar-refractivity contribution in [2.45, 2.75) is 67.8 Å². The van der Waals surface area contributed by atoms with Crippen LogP contribution in [-0.4, -0.2) is 88.6 Å². The lowest BCUT2D eigenvalue weighted by Gasteiger charge is -2.61. The third kappa shape index (κ3) is 3.81. The van der Waals surface area contributed by atoms with Crippen LogP contribution in [0.3, 0.4) is 0 Å². The number of aliphatic carboxylic acids is 2. The normalized spacial score (nSPS) is 29.3. The van der Waals surface area contributed by atoms with E-state index in [1.807, 2.05) is 13.1 Å². The number of carboxylic acid groups (broad SMARTS) is 2. The van der Waals surface area contributed by atoms with Crippen molar-refractivity contribution < 1.29 is 53.4 Å². The van der Waals surface area contributed by atoms with E-state index in [9.17, 15) is 29.4 Å². The average molecular weight is 532 g/mol. The fourth-order valence-electron chi connectivity index (χ4n) is 6.53. The molecule has 0 amide bonds. The van der Waals surface area contributed by atoms with Gasteiger partial charge in [-0.1, -0.05) is 6.07 Å². The molecule has 1 saturated heterocycles. The number of carboxylic acids is 2. The molecule has 0 saturated carbocycles. The molecule has 38 heavy (non-hydrogen) atoms. The molecule has 2 heterocycles. The van der Waals surface area contributed by atoms with Gasteiger partial charge in [0.25, 0.3) is 0 Å². The molecular weight excluding hydrogens is 502 g/mol. The zero-order chi connectivity index (χ0) is 27.4. The number of hydrogen-bond donors (Lipinski definition) is 3. The highest BCUT2D eigenvalue weighted by Crippen LogP contribution is 2.65. The predicted molar refractivity (Wildman–Crippen MR) is 127 cm³/mol. The molecule has 5 rings (SSSR count). The predicted octanol–water partition coefficient (Wildman–Crippen LogP) is 0.767. The highest BCUT2D eigenvalue weighted by Gasteiger charge is 2.72. The van der Waals surface area contributed by atoms with Gasteiger partial charge in [-0.15, -0.1) is 0 Å². The summed E-state index contributed by atoms with van der Waals surface area (Å²) in [5, 5.41) is 30.2. The van der Waals surface area contributed by atoms with Crippen molar-refractivity contribution in [3.63, 3.8) is 0 Å². The number of aliphatic hydroxyl groups is 1.